The van der Waals surface area contributed by atoms with Crippen molar-refractivity contribution >= 4 is 100 Å². The largest absolute Gasteiger partial charge is 0.224 e. The minimum absolute atomic E-state index is 0.486. The number of alkyl halides is 4. The highest BCUT2D eigenvalue weighted by Crippen LogP contribution is 2.50. The van der Waals surface area contributed by atoms with E-state index in [-0.39, 0.29) is 0 Å². The van der Waals surface area contributed by atoms with E-state index in [4.69, 9.17) is 0 Å². The molecule has 124 valence electrons. The minimum atomic E-state index is -3.39. The van der Waals surface area contributed by atoms with E-state index in [0.29, 0.717) is 12.8 Å². The van der Waals surface area contributed by atoms with Gasteiger partial charge in [-0.25, -0.2) is 8.42 Å². The van der Waals surface area contributed by atoms with Crippen molar-refractivity contribution < 1.29 is 8.42 Å². The Bertz CT molecular complexity index is 685. The molecule has 0 amide bonds. The van der Waals surface area contributed by atoms with Crippen LogP contribution in [-0.2, 0) is 22.7 Å². The van der Waals surface area contributed by atoms with Crippen molar-refractivity contribution in [2.24, 2.45) is 0 Å². The van der Waals surface area contributed by atoms with Crippen LogP contribution in [0.4, 0.5) is 0 Å². The van der Waals surface area contributed by atoms with Gasteiger partial charge in [0.25, 0.3) is 0 Å². The molecule has 2 nitrogen and oxygen atoms in total. The molecule has 0 unspecified atom stereocenters. The standard InChI is InChI=1S/C16H14I4O2S/c17-15(18,11-13-7-3-1-4-8-13)23(21,22)16(19,20)12-14-9-5-2-6-10-14/h1-10H,11-12H2. The molecule has 0 fully saturated rings. The molecule has 0 spiro atoms. The molecule has 2 aromatic carbocycles. The normalized spacial score (nSPS) is 13.0. The Labute approximate surface area is 192 Å². The topological polar surface area (TPSA) is 34.1 Å². The molecule has 0 saturated heterocycles. The summed E-state index contributed by atoms with van der Waals surface area (Å²) >= 11 is 8.32. The van der Waals surface area contributed by atoms with Gasteiger partial charge in [-0.2, -0.15) is 0 Å². The van der Waals surface area contributed by atoms with E-state index in [9.17, 15) is 8.42 Å². The van der Waals surface area contributed by atoms with E-state index in [1.54, 1.807) is 0 Å². The van der Waals surface area contributed by atoms with Crippen LogP contribution < -0.4 is 0 Å². The van der Waals surface area contributed by atoms with Gasteiger partial charge in [-0.05, 0) is 101 Å². The van der Waals surface area contributed by atoms with Crippen LogP contribution in [0.25, 0.3) is 0 Å². The van der Waals surface area contributed by atoms with Crippen LogP contribution in [0.2, 0.25) is 0 Å². The summed E-state index contributed by atoms with van der Waals surface area (Å²) in [7, 11) is -3.39. The first-order valence-electron chi connectivity index (χ1n) is 6.73. The Kier molecular flexibility index (Phi) is 7.47. The molecular weight excluding hydrogens is 764 g/mol. The smallest absolute Gasteiger partial charge is 0.199 e. The lowest BCUT2D eigenvalue weighted by Crippen LogP contribution is -2.40. The number of rotatable bonds is 6. The molecule has 0 aliphatic rings. The molecular formula is C16H14I4O2S. The first-order chi connectivity index (χ1) is 10.7. The fourth-order valence-electron chi connectivity index (χ4n) is 2.08. The zero-order valence-corrected chi connectivity index (χ0v) is 21.4. The van der Waals surface area contributed by atoms with Gasteiger partial charge in [0.15, 0.2) is 11.4 Å². The van der Waals surface area contributed by atoms with Crippen LogP contribution >= 0.6 is 90.4 Å². The monoisotopic (exact) mass is 778 g/mol. The molecule has 0 bridgehead atoms. The fourth-order valence-corrected chi connectivity index (χ4v) is 14.6. The molecule has 0 aliphatic heterocycles. The number of hydrogen-bond donors (Lipinski definition) is 0. The summed E-state index contributed by atoms with van der Waals surface area (Å²) in [5.41, 5.74) is 2.06. The van der Waals surface area contributed by atoms with E-state index >= 15 is 0 Å². The second kappa shape index (κ2) is 8.33. The fraction of sp³-hybridized carbons (Fsp3) is 0.250. The number of halogens is 4. The predicted molar refractivity (Wildman–Crippen MR) is 131 cm³/mol. The molecule has 0 atom stereocenters. The lowest BCUT2D eigenvalue weighted by molar-refractivity contribution is 0.589. The first kappa shape index (κ1) is 20.6. The molecule has 7 heteroatoms. The van der Waals surface area contributed by atoms with Crippen LogP contribution in [-0.4, -0.2) is 9.94 Å². The molecule has 2 aromatic rings. The first-order valence-corrected chi connectivity index (χ1v) is 12.5. The second-order valence-corrected chi connectivity index (χ2v) is 21.9. The molecule has 0 heterocycles. The second-order valence-electron chi connectivity index (χ2n) is 5.10. The summed E-state index contributed by atoms with van der Waals surface area (Å²) in [6.07, 6.45) is 0.972. The Morgan fingerprint density at radius 2 is 0.957 bits per heavy atom. The van der Waals surface area contributed by atoms with Crippen molar-refractivity contribution in [2.45, 2.75) is 14.4 Å². The summed E-state index contributed by atoms with van der Waals surface area (Å²) < 4.78 is 24.7. The SMILES string of the molecule is O=S(=O)(C(I)(I)Cc1ccccc1)C(I)(I)Cc1ccccc1. The van der Waals surface area contributed by atoms with Gasteiger partial charge >= 0.3 is 0 Å². The van der Waals surface area contributed by atoms with Gasteiger partial charge in [0.05, 0.1) is 0 Å². The highest BCUT2D eigenvalue weighted by molar-refractivity contribution is 14.2. The average Bonchev–Trinajstić information content (AvgIpc) is 2.48. The van der Waals surface area contributed by atoms with Crippen molar-refractivity contribution in [3.63, 3.8) is 0 Å². The summed E-state index contributed by atoms with van der Waals surface area (Å²) in [5.74, 6) is 0. The third-order valence-corrected chi connectivity index (χ3v) is 13.6. The number of sulfone groups is 1. The highest BCUT2D eigenvalue weighted by Gasteiger charge is 2.51. The van der Waals surface area contributed by atoms with Gasteiger partial charge in [0, 0.05) is 12.8 Å². The number of benzene rings is 2. The Hall–Kier alpha value is 1.31. The third kappa shape index (κ3) is 5.16. The van der Waals surface area contributed by atoms with Gasteiger partial charge in [0.2, 0.25) is 0 Å². The summed E-state index contributed by atoms with van der Waals surface area (Å²) in [5, 5.41) is 0. The summed E-state index contributed by atoms with van der Waals surface area (Å²) in [6.45, 7) is 0. The highest BCUT2D eigenvalue weighted by atomic mass is 127. The molecule has 0 aromatic heterocycles. The van der Waals surface area contributed by atoms with Crippen LogP contribution in [0.15, 0.2) is 60.7 Å². The lowest BCUT2D eigenvalue weighted by atomic mass is 10.2. The maximum absolute atomic E-state index is 13.3. The third-order valence-electron chi connectivity index (χ3n) is 3.29. The summed E-state index contributed by atoms with van der Waals surface area (Å²) in [6, 6.07) is 19.5. The molecule has 2 rings (SSSR count). The zero-order chi connectivity index (χ0) is 17.1. The van der Waals surface area contributed by atoms with Crippen LogP contribution in [0, 0.1) is 0 Å². The van der Waals surface area contributed by atoms with Crippen LogP contribution in [0.1, 0.15) is 11.1 Å². The van der Waals surface area contributed by atoms with Crippen LogP contribution in [0.5, 0.6) is 0 Å². The van der Waals surface area contributed by atoms with Gasteiger partial charge in [-0.15, -0.1) is 0 Å². The van der Waals surface area contributed by atoms with E-state index in [1.807, 2.05) is 60.7 Å². The van der Waals surface area contributed by atoms with E-state index in [0.717, 1.165) is 11.1 Å². The van der Waals surface area contributed by atoms with Gasteiger partial charge in [-0.1, -0.05) is 60.7 Å². The van der Waals surface area contributed by atoms with Crippen LogP contribution in [0.3, 0.4) is 0 Å². The summed E-state index contributed by atoms with van der Waals surface area (Å²) in [4.78, 5) is 0. The molecule has 0 saturated carbocycles. The zero-order valence-electron chi connectivity index (χ0n) is 11.9. The predicted octanol–water partition coefficient (Wildman–Crippen LogP) is 5.93. The maximum atomic E-state index is 13.3. The van der Waals surface area contributed by atoms with E-state index < -0.39 is 11.4 Å². The molecule has 23 heavy (non-hydrogen) atoms. The Morgan fingerprint density at radius 3 is 1.26 bits per heavy atom. The quantitative estimate of drug-likeness (QED) is 0.270. The van der Waals surface area contributed by atoms with E-state index in [2.05, 4.69) is 90.4 Å². The van der Waals surface area contributed by atoms with Gasteiger partial charge in [0.1, 0.15) is 0 Å². The Balaban J connectivity index is 2.27. The van der Waals surface area contributed by atoms with Crippen molar-refractivity contribution in [1.29, 1.82) is 0 Å². The Morgan fingerprint density at radius 1 is 0.652 bits per heavy atom. The van der Waals surface area contributed by atoms with Crippen molar-refractivity contribution in [1.82, 2.24) is 0 Å². The van der Waals surface area contributed by atoms with Crippen molar-refractivity contribution in [2.75, 3.05) is 0 Å². The molecule has 0 radical (unpaired) electrons. The van der Waals surface area contributed by atoms with E-state index in [1.165, 1.54) is 0 Å². The number of hydrogen-bond acceptors (Lipinski definition) is 2. The van der Waals surface area contributed by atoms with Crippen molar-refractivity contribution in [3.05, 3.63) is 71.8 Å². The molecule has 0 N–H and O–H groups in total. The average molecular weight is 778 g/mol. The van der Waals surface area contributed by atoms with Crippen molar-refractivity contribution in [3.8, 4) is 0 Å². The van der Waals surface area contributed by atoms with Gasteiger partial charge in [-0.3, -0.25) is 0 Å². The maximum Gasteiger partial charge on any atom is 0.199 e. The van der Waals surface area contributed by atoms with Gasteiger partial charge < -0.3 is 0 Å². The lowest BCUT2D eigenvalue weighted by Gasteiger charge is -2.30. The molecule has 0 aliphatic carbocycles. The minimum Gasteiger partial charge on any atom is -0.224 e.